The second-order valence-electron chi connectivity index (χ2n) is 4.86. The van der Waals surface area contributed by atoms with E-state index in [1.165, 1.54) is 0 Å². The van der Waals surface area contributed by atoms with Crippen molar-refractivity contribution in [1.82, 2.24) is 15.0 Å². The quantitative estimate of drug-likeness (QED) is 0.689. The van der Waals surface area contributed by atoms with Crippen LogP contribution in [0, 0.1) is 11.3 Å². The predicted molar refractivity (Wildman–Crippen MR) is 85.5 cm³/mol. The highest BCUT2D eigenvalue weighted by molar-refractivity contribution is 5.58. The highest BCUT2D eigenvalue weighted by Crippen LogP contribution is 2.15. The van der Waals surface area contributed by atoms with E-state index in [1.807, 2.05) is 72.9 Å². The fourth-order valence-electron chi connectivity index (χ4n) is 2.16. The lowest BCUT2D eigenvalue weighted by molar-refractivity contribution is 0.652. The van der Waals surface area contributed by atoms with E-state index in [1.54, 1.807) is 4.68 Å². The Kier molecular flexibility index (Phi) is 4.08. The van der Waals surface area contributed by atoms with Gasteiger partial charge in [-0.25, -0.2) is 4.68 Å². The lowest BCUT2D eigenvalue weighted by Gasteiger charge is -1.99. The lowest BCUT2D eigenvalue weighted by Crippen LogP contribution is -2.00. The summed E-state index contributed by atoms with van der Waals surface area (Å²) in [5, 5.41) is 17.5. The van der Waals surface area contributed by atoms with E-state index in [9.17, 15) is 5.26 Å². The zero-order valence-electron chi connectivity index (χ0n) is 11.9. The molecule has 22 heavy (non-hydrogen) atoms. The van der Waals surface area contributed by atoms with E-state index in [0.29, 0.717) is 12.1 Å². The van der Waals surface area contributed by atoms with Crippen molar-refractivity contribution in [2.24, 2.45) is 0 Å². The van der Waals surface area contributed by atoms with E-state index < -0.39 is 0 Å². The van der Waals surface area contributed by atoms with Gasteiger partial charge in [-0.3, -0.25) is 0 Å². The van der Waals surface area contributed by atoms with Gasteiger partial charge in [0, 0.05) is 5.56 Å². The largest absolute Gasteiger partial charge is 0.247 e. The second-order valence-corrected chi connectivity index (χ2v) is 4.86. The van der Waals surface area contributed by atoms with Gasteiger partial charge in [0.2, 0.25) is 0 Å². The van der Waals surface area contributed by atoms with Crippen LogP contribution in [0.15, 0.2) is 72.4 Å². The van der Waals surface area contributed by atoms with Crippen molar-refractivity contribution in [3.05, 3.63) is 78.0 Å². The van der Waals surface area contributed by atoms with E-state index in [0.717, 1.165) is 16.8 Å². The molecule has 0 aliphatic rings. The summed E-state index contributed by atoms with van der Waals surface area (Å²) in [5.41, 5.74) is 3.45. The monoisotopic (exact) mass is 286 g/mol. The molecule has 106 valence electrons. The molecule has 0 bridgehead atoms. The minimum absolute atomic E-state index is 0.408. The lowest BCUT2D eigenvalue weighted by atomic mass is 10.1. The third-order valence-electron chi connectivity index (χ3n) is 3.22. The Morgan fingerprint density at radius 3 is 2.41 bits per heavy atom. The summed E-state index contributed by atoms with van der Waals surface area (Å²) in [4.78, 5) is 0. The van der Waals surface area contributed by atoms with Crippen molar-refractivity contribution in [2.75, 3.05) is 0 Å². The van der Waals surface area contributed by atoms with Gasteiger partial charge >= 0.3 is 0 Å². The van der Waals surface area contributed by atoms with E-state index in [4.69, 9.17) is 0 Å². The summed E-state index contributed by atoms with van der Waals surface area (Å²) in [7, 11) is 0. The van der Waals surface area contributed by atoms with Crippen molar-refractivity contribution in [3.63, 3.8) is 0 Å². The number of hydrogen-bond acceptors (Lipinski definition) is 3. The Balaban J connectivity index is 1.80. The Morgan fingerprint density at radius 1 is 1.05 bits per heavy atom. The summed E-state index contributed by atoms with van der Waals surface area (Å²) in [6.45, 7) is 0.408. The Labute approximate surface area is 129 Å². The number of aromatic nitrogens is 3. The topological polar surface area (TPSA) is 54.5 Å². The van der Waals surface area contributed by atoms with Gasteiger partial charge in [-0.15, -0.1) is 5.10 Å². The molecule has 0 fully saturated rings. The first-order valence-electron chi connectivity index (χ1n) is 6.96. The fraction of sp³-hybridized carbons (Fsp3) is 0.0556. The molecule has 4 nitrogen and oxygen atoms in total. The molecule has 0 saturated carbocycles. The highest BCUT2D eigenvalue weighted by atomic mass is 15.4. The average molecular weight is 286 g/mol. The fourth-order valence-corrected chi connectivity index (χ4v) is 2.16. The SMILES string of the molecule is N#C/C(=C\c1ccccc1)Cn1cc(-c2ccccc2)nn1. The molecular formula is C18H14N4. The van der Waals surface area contributed by atoms with Gasteiger partial charge in [0.15, 0.2) is 0 Å². The molecule has 0 atom stereocenters. The van der Waals surface area contributed by atoms with Gasteiger partial charge in [0.1, 0.15) is 5.69 Å². The van der Waals surface area contributed by atoms with Crippen LogP contribution in [-0.4, -0.2) is 15.0 Å². The summed E-state index contributed by atoms with van der Waals surface area (Å²) in [6.07, 6.45) is 3.72. The maximum Gasteiger partial charge on any atom is 0.113 e. The van der Waals surface area contributed by atoms with E-state index in [2.05, 4.69) is 16.4 Å². The molecule has 3 rings (SSSR count). The van der Waals surface area contributed by atoms with Crippen LogP contribution < -0.4 is 0 Å². The number of hydrogen-bond donors (Lipinski definition) is 0. The molecule has 0 radical (unpaired) electrons. The van der Waals surface area contributed by atoms with Crippen molar-refractivity contribution < 1.29 is 0 Å². The molecule has 0 aliphatic heterocycles. The molecule has 0 spiro atoms. The van der Waals surface area contributed by atoms with Crippen LogP contribution in [0.4, 0.5) is 0 Å². The Morgan fingerprint density at radius 2 is 1.73 bits per heavy atom. The van der Waals surface area contributed by atoms with Crippen molar-refractivity contribution in [1.29, 1.82) is 5.26 Å². The smallest absolute Gasteiger partial charge is 0.113 e. The van der Waals surface area contributed by atoms with Crippen LogP contribution in [0.5, 0.6) is 0 Å². The first kappa shape index (κ1) is 13.8. The van der Waals surface area contributed by atoms with Gasteiger partial charge in [-0.1, -0.05) is 65.9 Å². The molecule has 2 aromatic carbocycles. The van der Waals surface area contributed by atoms with Crippen LogP contribution in [-0.2, 0) is 6.54 Å². The molecule has 3 aromatic rings. The summed E-state index contributed by atoms with van der Waals surface area (Å²) < 4.78 is 1.68. The summed E-state index contributed by atoms with van der Waals surface area (Å²) in [5.74, 6) is 0. The van der Waals surface area contributed by atoms with Crippen LogP contribution in [0.3, 0.4) is 0 Å². The first-order valence-corrected chi connectivity index (χ1v) is 6.96. The minimum atomic E-state index is 0.408. The number of allylic oxidation sites excluding steroid dienone is 1. The second kappa shape index (κ2) is 6.51. The number of nitriles is 1. The van der Waals surface area contributed by atoms with Gasteiger partial charge in [0.05, 0.1) is 24.4 Å². The van der Waals surface area contributed by atoms with Crippen molar-refractivity contribution in [2.45, 2.75) is 6.54 Å². The Hall–Kier alpha value is -3.19. The average Bonchev–Trinajstić information content (AvgIpc) is 3.04. The highest BCUT2D eigenvalue weighted by Gasteiger charge is 2.05. The molecule has 1 aromatic heterocycles. The molecule has 0 unspecified atom stereocenters. The van der Waals surface area contributed by atoms with Gasteiger partial charge in [-0.2, -0.15) is 5.26 Å². The molecule has 0 N–H and O–H groups in total. The molecule has 0 aliphatic carbocycles. The summed E-state index contributed by atoms with van der Waals surface area (Å²) in [6, 6.07) is 21.9. The molecule has 0 amide bonds. The van der Waals surface area contributed by atoms with Crippen LogP contribution in [0.1, 0.15) is 5.56 Å². The van der Waals surface area contributed by atoms with Gasteiger partial charge < -0.3 is 0 Å². The standard InChI is InChI=1S/C18H14N4/c19-12-16(11-15-7-3-1-4-8-15)13-22-14-18(20-21-22)17-9-5-2-6-10-17/h1-11,14H,13H2/b16-11+. The zero-order chi connectivity index (χ0) is 15.2. The number of rotatable bonds is 4. The molecule has 4 heteroatoms. The Bertz CT molecular complexity index is 811. The minimum Gasteiger partial charge on any atom is -0.247 e. The van der Waals surface area contributed by atoms with Gasteiger partial charge in [0.25, 0.3) is 0 Å². The van der Waals surface area contributed by atoms with Crippen molar-refractivity contribution in [3.8, 4) is 17.3 Å². The third-order valence-corrected chi connectivity index (χ3v) is 3.22. The third kappa shape index (κ3) is 3.28. The first-order chi connectivity index (χ1) is 10.8. The van der Waals surface area contributed by atoms with Crippen LogP contribution >= 0.6 is 0 Å². The molecule has 1 heterocycles. The summed E-state index contributed by atoms with van der Waals surface area (Å²) >= 11 is 0. The van der Waals surface area contributed by atoms with E-state index in [-0.39, 0.29) is 0 Å². The number of nitrogens with zero attached hydrogens (tertiary/aromatic N) is 4. The van der Waals surface area contributed by atoms with Gasteiger partial charge in [-0.05, 0) is 11.6 Å². The zero-order valence-corrected chi connectivity index (χ0v) is 11.9. The maximum atomic E-state index is 9.29. The molecule has 0 saturated heterocycles. The normalized spacial score (nSPS) is 11.1. The van der Waals surface area contributed by atoms with E-state index >= 15 is 0 Å². The van der Waals surface area contributed by atoms with Crippen LogP contribution in [0.2, 0.25) is 0 Å². The van der Waals surface area contributed by atoms with Crippen LogP contribution in [0.25, 0.3) is 17.3 Å². The maximum absolute atomic E-state index is 9.29. The predicted octanol–water partition coefficient (Wildman–Crippen LogP) is 3.55. The van der Waals surface area contributed by atoms with Crippen molar-refractivity contribution >= 4 is 6.08 Å². The molecular weight excluding hydrogens is 272 g/mol. The number of benzene rings is 2.